The first-order valence-electron chi connectivity index (χ1n) is 5.12. The first-order valence-corrected chi connectivity index (χ1v) is 6.11. The predicted octanol–water partition coefficient (Wildman–Crippen LogP) is 2.39. The summed E-state index contributed by atoms with van der Waals surface area (Å²) in [5.41, 5.74) is 7.96. The van der Waals surface area contributed by atoms with Gasteiger partial charge in [-0.05, 0) is 18.6 Å². The molecule has 1 aromatic heterocycles. The maximum absolute atomic E-state index is 5.85. The lowest BCUT2D eigenvalue weighted by atomic mass is 10.3. The number of hydrogen-bond donors (Lipinski definition) is 2. The summed E-state index contributed by atoms with van der Waals surface area (Å²) in [5.74, 6) is 0.913. The molecule has 1 aromatic carbocycles. The number of para-hydroxylation sites is 2. The molecule has 0 spiro atoms. The molecule has 80 valence electrons. The summed E-state index contributed by atoms with van der Waals surface area (Å²) in [6.45, 7) is 2.10. The second-order valence-electron chi connectivity index (χ2n) is 3.54. The normalized spacial score (nSPS) is 13.2. The number of rotatable bonds is 4. The van der Waals surface area contributed by atoms with Crippen molar-refractivity contribution in [1.29, 1.82) is 0 Å². The molecule has 1 atom stereocenters. The van der Waals surface area contributed by atoms with E-state index in [1.165, 1.54) is 0 Å². The van der Waals surface area contributed by atoms with Gasteiger partial charge in [-0.1, -0.05) is 30.8 Å². The number of benzene rings is 1. The number of nitrogens with zero attached hydrogens (tertiary/aromatic N) is 1. The van der Waals surface area contributed by atoms with E-state index >= 15 is 0 Å². The van der Waals surface area contributed by atoms with Gasteiger partial charge in [0.25, 0.3) is 0 Å². The molecule has 4 heteroatoms. The van der Waals surface area contributed by atoms with Crippen LogP contribution < -0.4 is 5.73 Å². The molecule has 0 amide bonds. The molecule has 2 aromatic rings. The van der Waals surface area contributed by atoms with Gasteiger partial charge in [0.15, 0.2) is 5.16 Å². The summed E-state index contributed by atoms with van der Waals surface area (Å²) in [6, 6.07) is 8.30. The number of hydrogen-bond acceptors (Lipinski definition) is 3. The summed E-state index contributed by atoms with van der Waals surface area (Å²) >= 11 is 1.69. The third-order valence-electron chi connectivity index (χ3n) is 2.33. The third-order valence-corrected chi connectivity index (χ3v) is 3.39. The smallest absolute Gasteiger partial charge is 0.166 e. The van der Waals surface area contributed by atoms with Crippen molar-refractivity contribution >= 4 is 22.8 Å². The lowest BCUT2D eigenvalue weighted by Gasteiger charge is -2.04. The molecule has 3 nitrogen and oxygen atoms in total. The number of H-pyrrole nitrogens is 1. The number of nitrogens with two attached hydrogens (primary N) is 1. The van der Waals surface area contributed by atoms with Crippen molar-refractivity contribution in [1.82, 2.24) is 9.97 Å². The fourth-order valence-corrected chi connectivity index (χ4v) is 2.25. The lowest BCUT2D eigenvalue weighted by molar-refractivity contribution is 0.724. The minimum atomic E-state index is 0.253. The van der Waals surface area contributed by atoms with Gasteiger partial charge in [0, 0.05) is 11.8 Å². The standard InChI is InChI=1S/C11H15N3S/c1-2-8(12)7-15-11-13-9-5-3-4-6-10(9)14-11/h3-6,8H,2,7,12H2,1H3,(H,13,14). The molecule has 0 radical (unpaired) electrons. The monoisotopic (exact) mass is 221 g/mol. The van der Waals surface area contributed by atoms with E-state index in [-0.39, 0.29) is 6.04 Å². The van der Waals surface area contributed by atoms with E-state index in [9.17, 15) is 0 Å². The highest BCUT2D eigenvalue weighted by atomic mass is 32.2. The Labute approximate surface area is 93.5 Å². The molecule has 1 heterocycles. The Kier molecular flexibility index (Phi) is 3.28. The molecule has 0 aliphatic carbocycles. The van der Waals surface area contributed by atoms with Gasteiger partial charge in [0.1, 0.15) is 0 Å². The van der Waals surface area contributed by atoms with E-state index in [4.69, 9.17) is 5.73 Å². The molecule has 0 fully saturated rings. The fourth-order valence-electron chi connectivity index (χ4n) is 1.30. The summed E-state index contributed by atoms with van der Waals surface area (Å²) in [6.07, 6.45) is 1.01. The van der Waals surface area contributed by atoms with Crippen LogP contribution in [0.3, 0.4) is 0 Å². The van der Waals surface area contributed by atoms with E-state index in [0.717, 1.165) is 28.4 Å². The van der Waals surface area contributed by atoms with Crippen molar-refractivity contribution in [3.8, 4) is 0 Å². The topological polar surface area (TPSA) is 54.7 Å². The van der Waals surface area contributed by atoms with Gasteiger partial charge >= 0.3 is 0 Å². The molecule has 1 unspecified atom stereocenters. The van der Waals surface area contributed by atoms with Crippen LogP contribution in [0.2, 0.25) is 0 Å². The minimum Gasteiger partial charge on any atom is -0.333 e. The van der Waals surface area contributed by atoms with Crippen LogP contribution in [0.15, 0.2) is 29.4 Å². The molecule has 0 saturated carbocycles. The van der Waals surface area contributed by atoms with Crippen LogP contribution in [-0.4, -0.2) is 21.8 Å². The van der Waals surface area contributed by atoms with Crippen LogP contribution in [0.1, 0.15) is 13.3 Å². The Balaban J connectivity index is 2.09. The number of thioether (sulfide) groups is 1. The van der Waals surface area contributed by atoms with Gasteiger partial charge in [-0.2, -0.15) is 0 Å². The van der Waals surface area contributed by atoms with Crippen LogP contribution >= 0.6 is 11.8 Å². The molecule has 0 bridgehead atoms. The molecular formula is C11H15N3S. The fraction of sp³-hybridized carbons (Fsp3) is 0.364. The molecule has 0 saturated heterocycles. The molecule has 15 heavy (non-hydrogen) atoms. The third kappa shape index (κ3) is 2.52. The Morgan fingerprint density at radius 2 is 2.27 bits per heavy atom. The molecular weight excluding hydrogens is 206 g/mol. The van der Waals surface area contributed by atoms with E-state index in [2.05, 4.69) is 16.9 Å². The van der Waals surface area contributed by atoms with Crippen LogP contribution in [0.5, 0.6) is 0 Å². The zero-order chi connectivity index (χ0) is 10.7. The lowest BCUT2D eigenvalue weighted by Crippen LogP contribution is -2.21. The zero-order valence-corrected chi connectivity index (χ0v) is 9.55. The van der Waals surface area contributed by atoms with Gasteiger partial charge < -0.3 is 10.7 Å². The van der Waals surface area contributed by atoms with Gasteiger partial charge in [-0.3, -0.25) is 0 Å². The number of imidazole rings is 1. The Morgan fingerprint density at radius 3 is 3.00 bits per heavy atom. The van der Waals surface area contributed by atoms with E-state index < -0.39 is 0 Å². The number of aromatic nitrogens is 2. The predicted molar refractivity (Wildman–Crippen MR) is 65.1 cm³/mol. The van der Waals surface area contributed by atoms with Crippen molar-refractivity contribution in [3.63, 3.8) is 0 Å². The second kappa shape index (κ2) is 4.68. The van der Waals surface area contributed by atoms with Crippen molar-refractivity contribution in [2.75, 3.05) is 5.75 Å². The van der Waals surface area contributed by atoms with E-state index in [1.54, 1.807) is 11.8 Å². The van der Waals surface area contributed by atoms with Crippen molar-refractivity contribution in [2.45, 2.75) is 24.5 Å². The molecule has 3 N–H and O–H groups in total. The second-order valence-corrected chi connectivity index (χ2v) is 4.55. The Morgan fingerprint density at radius 1 is 1.47 bits per heavy atom. The highest BCUT2D eigenvalue weighted by Gasteiger charge is 2.04. The van der Waals surface area contributed by atoms with Gasteiger partial charge in [-0.25, -0.2) is 4.98 Å². The Hall–Kier alpha value is -1.00. The van der Waals surface area contributed by atoms with E-state index in [1.807, 2.05) is 24.3 Å². The SMILES string of the molecule is CCC(N)CSc1nc2ccccc2[nH]1. The number of aromatic amines is 1. The summed E-state index contributed by atoms with van der Waals surface area (Å²) in [4.78, 5) is 7.74. The first kappa shape index (κ1) is 10.5. The maximum Gasteiger partial charge on any atom is 0.166 e. The number of fused-ring (bicyclic) bond motifs is 1. The average Bonchev–Trinajstić information content (AvgIpc) is 2.68. The van der Waals surface area contributed by atoms with Gasteiger partial charge in [0.2, 0.25) is 0 Å². The highest BCUT2D eigenvalue weighted by molar-refractivity contribution is 7.99. The largest absolute Gasteiger partial charge is 0.333 e. The molecule has 2 rings (SSSR count). The van der Waals surface area contributed by atoms with Crippen molar-refractivity contribution in [2.24, 2.45) is 5.73 Å². The van der Waals surface area contributed by atoms with Gasteiger partial charge in [-0.15, -0.1) is 0 Å². The summed E-state index contributed by atoms with van der Waals surface area (Å²) in [5, 5.41) is 0.958. The van der Waals surface area contributed by atoms with Crippen molar-refractivity contribution < 1.29 is 0 Å². The van der Waals surface area contributed by atoms with Crippen LogP contribution in [0, 0.1) is 0 Å². The van der Waals surface area contributed by atoms with Crippen LogP contribution in [-0.2, 0) is 0 Å². The average molecular weight is 221 g/mol. The molecule has 0 aliphatic rings. The highest BCUT2D eigenvalue weighted by Crippen LogP contribution is 2.19. The number of nitrogens with one attached hydrogen (secondary N) is 1. The summed E-state index contributed by atoms with van der Waals surface area (Å²) < 4.78 is 0. The quantitative estimate of drug-likeness (QED) is 0.779. The van der Waals surface area contributed by atoms with Crippen LogP contribution in [0.4, 0.5) is 0 Å². The van der Waals surface area contributed by atoms with Gasteiger partial charge in [0.05, 0.1) is 11.0 Å². The Bertz CT molecular complexity index is 405. The van der Waals surface area contributed by atoms with Crippen molar-refractivity contribution in [3.05, 3.63) is 24.3 Å². The van der Waals surface area contributed by atoms with Crippen LogP contribution in [0.25, 0.3) is 11.0 Å². The minimum absolute atomic E-state index is 0.253. The molecule has 0 aliphatic heterocycles. The first-order chi connectivity index (χ1) is 7.29. The zero-order valence-electron chi connectivity index (χ0n) is 8.73. The summed E-state index contributed by atoms with van der Waals surface area (Å²) in [7, 11) is 0. The van der Waals surface area contributed by atoms with E-state index in [0.29, 0.717) is 0 Å². The maximum atomic E-state index is 5.85.